The first-order valence-electron chi connectivity index (χ1n) is 5.92. The lowest BCUT2D eigenvalue weighted by Gasteiger charge is -2.29. The number of nitrogens with zero attached hydrogens (tertiary/aromatic N) is 1. The molecule has 4 heteroatoms. The molecule has 0 amide bonds. The minimum absolute atomic E-state index is 0.0780. The van der Waals surface area contributed by atoms with Gasteiger partial charge in [0, 0.05) is 18.0 Å². The Morgan fingerprint density at radius 2 is 2.06 bits per heavy atom. The van der Waals surface area contributed by atoms with Crippen molar-refractivity contribution in [2.75, 3.05) is 13.6 Å². The molecule has 1 aliphatic rings. The van der Waals surface area contributed by atoms with E-state index in [-0.39, 0.29) is 17.4 Å². The third kappa shape index (κ3) is 1.75. The fraction of sp³-hybridized carbons (Fsp3) is 0.286. The van der Waals surface area contributed by atoms with E-state index in [0.717, 1.165) is 30.0 Å². The van der Waals surface area contributed by atoms with Crippen molar-refractivity contribution < 1.29 is 14.6 Å². The van der Waals surface area contributed by atoms with Crippen LogP contribution >= 0.6 is 0 Å². The first-order valence-corrected chi connectivity index (χ1v) is 5.92. The van der Waals surface area contributed by atoms with Gasteiger partial charge in [0.25, 0.3) is 0 Å². The van der Waals surface area contributed by atoms with Crippen LogP contribution in [0.4, 0.5) is 0 Å². The van der Waals surface area contributed by atoms with Crippen LogP contribution in [-0.2, 0) is 6.54 Å². The Hall–Kier alpha value is -1.94. The van der Waals surface area contributed by atoms with Gasteiger partial charge in [-0.3, -0.25) is 4.90 Å². The molecular weight excluding hydrogens is 230 g/mol. The Kier molecular flexibility index (Phi) is 2.52. The number of hydrogen-bond acceptors (Lipinski definition) is 4. The lowest BCUT2D eigenvalue weighted by molar-refractivity contribution is 0.262. The first kappa shape index (κ1) is 11.2. The minimum Gasteiger partial charge on any atom is -0.504 e. The third-order valence-electron chi connectivity index (χ3n) is 3.46. The maximum absolute atomic E-state index is 9.61. The van der Waals surface area contributed by atoms with Crippen LogP contribution in [0.2, 0.25) is 0 Å². The lowest BCUT2D eigenvalue weighted by Crippen LogP contribution is -2.30. The highest BCUT2D eigenvalue weighted by Crippen LogP contribution is 2.36. The molecule has 18 heavy (non-hydrogen) atoms. The fourth-order valence-corrected chi connectivity index (χ4v) is 2.55. The zero-order valence-corrected chi connectivity index (χ0v) is 10.1. The number of benzene rings is 1. The number of rotatable bonds is 1. The summed E-state index contributed by atoms with van der Waals surface area (Å²) in [5, 5.41) is 19.0. The van der Waals surface area contributed by atoms with E-state index in [1.807, 2.05) is 19.2 Å². The van der Waals surface area contributed by atoms with Crippen molar-refractivity contribution in [3.05, 3.63) is 47.4 Å². The van der Waals surface area contributed by atoms with E-state index < -0.39 is 0 Å². The zero-order valence-electron chi connectivity index (χ0n) is 10.1. The van der Waals surface area contributed by atoms with Crippen molar-refractivity contribution in [2.24, 2.45) is 0 Å². The summed E-state index contributed by atoms with van der Waals surface area (Å²) in [5.74, 6) is 0.978. The van der Waals surface area contributed by atoms with E-state index in [1.54, 1.807) is 12.3 Å². The maximum atomic E-state index is 9.61. The van der Waals surface area contributed by atoms with Gasteiger partial charge in [0.15, 0.2) is 11.5 Å². The monoisotopic (exact) mass is 245 g/mol. The second-order valence-corrected chi connectivity index (χ2v) is 4.80. The minimum atomic E-state index is -0.0877. The highest BCUT2D eigenvalue weighted by molar-refractivity contribution is 5.45. The van der Waals surface area contributed by atoms with Crippen LogP contribution in [0.25, 0.3) is 0 Å². The van der Waals surface area contributed by atoms with Crippen LogP contribution < -0.4 is 0 Å². The van der Waals surface area contributed by atoms with Gasteiger partial charge in [-0.1, -0.05) is 6.07 Å². The second kappa shape index (κ2) is 4.07. The topological polar surface area (TPSA) is 56.8 Å². The number of fused-ring (bicyclic) bond motifs is 1. The summed E-state index contributed by atoms with van der Waals surface area (Å²) < 4.78 is 5.48. The van der Waals surface area contributed by atoms with Crippen LogP contribution in [0.15, 0.2) is 34.9 Å². The van der Waals surface area contributed by atoms with Gasteiger partial charge in [0.2, 0.25) is 0 Å². The molecule has 94 valence electrons. The molecule has 0 aliphatic carbocycles. The molecule has 2 aromatic rings. The molecular formula is C14H15NO3. The molecule has 0 saturated carbocycles. The van der Waals surface area contributed by atoms with Crippen molar-refractivity contribution in [2.45, 2.75) is 12.5 Å². The molecule has 1 atom stereocenters. The summed E-state index contributed by atoms with van der Waals surface area (Å²) in [4.78, 5) is 2.18. The second-order valence-electron chi connectivity index (χ2n) is 4.80. The number of phenols is 2. The Balaban J connectivity index is 2.04. The van der Waals surface area contributed by atoms with E-state index in [4.69, 9.17) is 4.42 Å². The van der Waals surface area contributed by atoms with Crippen LogP contribution in [0.1, 0.15) is 22.8 Å². The Morgan fingerprint density at radius 1 is 1.22 bits per heavy atom. The van der Waals surface area contributed by atoms with Crippen LogP contribution in [0.5, 0.6) is 11.5 Å². The highest BCUT2D eigenvalue weighted by Gasteiger charge is 2.27. The quantitative estimate of drug-likeness (QED) is 0.757. The largest absolute Gasteiger partial charge is 0.504 e. The normalized spacial score (nSPS) is 19.7. The standard InChI is InChI=1S/C14H15NO3/c1-15-7-11(10-4-5-18-14(10)8-15)9-2-3-12(16)13(17)6-9/h2-6,11,16-17H,7-8H2,1H3. The van der Waals surface area contributed by atoms with Gasteiger partial charge < -0.3 is 14.6 Å². The molecule has 0 fully saturated rings. The third-order valence-corrected chi connectivity index (χ3v) is 3.46. The highest BCUT2D eigenvalue weighted by atomic mass is 16.3. The average molecular weight is 245 g/mol. The summed E-state index contributed by atoms with van der Waals surface area (Å²) in [7, 11) is 2.04. The average Bonchev–Trinajstić information content (AvgIpc) is 2.79. The Bertz CT molecular complexity index is 576. The molecule has 2 N–H and O–H groups in total. The van der Waals surface area contributed by atoms with Gasteiger partial charge in [-0.15, -0.1) is 0 Å². The summed E-state index contributed by atoms with van der Waals surface area (Å²) in [6.07, 6.45) is 1.71. The molecule has 1 aromatic heterocycles. The molecule has 0 radical (unpaired) electrons. The summed E-state index contributed by atoms with van der Waals surface area (Å²) in [5.41, 5.74) is 2.15. The Labute approximate surface area is 105 Å². The number of phenolic OH excluding ortho intramolecular Hbond substituents is 2. The number of likely N-dealkylation sites (N-methyl/N-ethyl adjacent to an activating group) is 1. The van der Waals surface area contributed by atoms with Crippen molar-refractivity contribution in [1.82, 2.24) is 4.90 Å². The van der Waals surface area contributed by atoms with Crippen molar-refractivity contribution in [3.63, 3.8) is 0 Å². The number of hydrogen-bond donors (Lipinski definition) is 2. The van der Waals surface area contributed by atoms with E-state index in [2.05, 4.69) is 4.90 Å². The van der Waals surface area contributed by atoms with E-state index in [9.17, 15) is 10.2 Å². The zero-order chi connectivity index (χ0) is 12.7. The van der Waals surface area contributed by atoms with Gasteiger partial charge in [-0.2, -0.15) is 0 Å². The van der Waals surface area contributed by atoms with Crippen LogP contribution in [-0.4, -0.2) is 28.7 Å². The predicted molar refractivity (Wildman–Crippen MR) is 66.7 cm³/mol. The van der Waals surface area contributed by atoms with Gasteiger partial charge in [-0.25, -0.2) is 0 Å². The van der Waals surface area contributed by atoms with Crippen molar-refractivity contribution in [1.29, 1.82) is 0 Å². The molecule has 3 rings (SSSR count). The molecule has 1 unspecified atom stereocenters. The van der Waals surface area contributed by atoms with E-state index in [0.29, 0.717) is 0 Å². The van der Waals surface area contributed by atoms with Gasteiger partial charge in [0.05, 0.1) is 12.8 Å². The molecule has 0 bridgehead atoms. The number of aromatic hydroxyl groups is 2. The predicted octanol–water partition coefficient (Wildman–Crippen LogP) is 2.27. The summed E-state index contributed by atoms with van der Waals surface area (Å²) in [6, 6.07) is 6.97. The van der Waals surface area contributed by atoms with Gasteiger partial charge >= 0.3 is 0 Å². The Morgan fingerprint density at radius 3 is 2.83 bits per heavy atom. The van der Waals surface area contributed by atoms with Gasteiger partial charge in [0.1, 0.15) is 5.76 Å². The van der Waals surface area contributed by atoms with E-state index in [1.165, 1.54) is 6.07 Å². The summed E-state index contributed by atoms with van der Waals surface area (Å²) in [6.45, 7) is 1.68. The van der Waals surface area contributed by atoms with E-state index >= 15 is 0 Å². The fourth-order valence-electron chi connectivity index (χ4n) is 2.55. The molecule has 0 spiro atoms. The van der Waals surface area contributed by atoms with Crippen LogP contribution in [0.3, 0.4) is 0 Å². The first-order chi connectivity index (χ1) is 8.65. The summed E-state index contributed by atoms with van der Waals surface area (Å²) >= 11 is 0. The number of furan rings is 1. The molecule has 2 heterocycles. The molecule has 0 saturated heterocycles. The smallest absolute Gasteiger partial charge is 0.157 e. The van der Waals surface area contributed by atoms with Crippen molar-refractivity contribution >= 4 is 0 Å². The van der Waals surface area contributed by atoms with Gasteiger partial charge in [-0.05, 0) is 30.8 Å². The van der Waals surface area contributed by atoms with Crippen molar-refractivity contribution in [3.8, 4) is 11.5 Å². The molecule has 1 aromatic carbocycles. The lowest BCUT2D eigenvalue weighted by atomic mass is 9.88. The SMILES string of the molecule is CN1Cc2occc2C(c2ccc(O)c(O)c2)C1. The van der Waals surface area contributed by atoms with Crippen LogP contribution in [0, 0.1) is 0 Å². The molecule has 4 nitrogen and oxygen atoms in total. The molecule has 1 aliphatic heterocycles. The maximum Gasteiger partial charge on any atom is 0.157 e.